The Kier molecular flexibility index (Phi) is 7.10. The Morgan fingerprint density at radius 2 is 1.96 bits per heavy atom. The highest BCUT2D eigenvalue weighted by Gasteiger charge is 2.21. The molecule has 1 aliphatic carbocycles. The van der Waals surface area contributed by atoms with E-state index in [4.69, 9.17) is 4.99 Å². The van der Waals surface area contributed by atoms with Crippen LogP contribution >= 0.6 is 0 Å². The highest BCUT2D eigenvalue weighted by atomic mass is 16.3. The second-order valence-corrected chi connectivity index (χ2v) is 7.53. The summed E-state index contributed by atoms with van der Waals surface area (Å²) in [5.41, 5.74) is 2.33. The standard InChI is InChI=1S/C21H32N4O2/c1-2-22-21(24-18-9-11-19(26)12-10-18)23-14-16-6-3-4-7-17(16)15-25-13-5-8-20(25)27/h3-4,6-7,18-19,26H,2,5,8-15H2,1H3,(H2,22,23,24). The number of nitrogens with zero attached hydrogens (tertiary/aromatic N) is 2. The zero-order chi connectivity index (χ0) is 19.1. The first kappa shape index (κ1) is 19.7. The van der Waals surface area contributed by atoms with Crippen LogP contribution in [0.25, 0.3) is 0 Å². The number of carbonyl (C=O) groups excluding carboxylic acids is 1. The van der Waals surface area contributed by atoms with Gasteiger partial charge in [0.2, 0.25) is 5.91 Å². The Morgan fingerprint density at radius 1 is 1.22 bits per heavy atom. The van der Waals surface area contributed by atoms with Crippen molar-refractivity contribution in [3.8, 4) is 0 Å². The zero-order valence-corrected chi connectivity index (χ0v) is 16.3. The summed E-state index contributed by atoms with van der Waals surface area (Å²) in [6, 6.07) is 8.62. The molecule has 2 fully saturated rings. The van der Waals surface area contributed by atoms with Gasteiger partial charge in [0, 0.05) is 32.1 Å². The summed E-state index contributed by atoms with van der Waals surface area (Å²) in [5.74, 6) is 1.08. The minimum Gasteiger partial charge on any atom is -0.393 e. The van der Waals surface area contributed by atoms with Crippen molar-refractivity contribution in [2.75, 3.05) is 13.1 Å². The molecule has 6 heteroatoms. The van der Waals surface area contributed by atoms with E-state index in [1.165, 1.54) is 5.56 Å². The highest BCUT2D eigenvalue weighted by molar-refractivity contribution is 5.80. The van der Waals surface area contributed by atoms with Crippen LogP contribution in [0.2, 0.25) is 0 Å². The van der Waals surface area contributed by atoms with Gasteiger partial charge in [0.25, 0.3) is 0 Å². The van der Waals surface area contributed by atoms with Crippen molar-refractivity contribution < 1.29 is 9.90 Å². The molecule has 3 rings (SSSR count). The lowest BCUT2D eigenvalue weighted by Crippen LogP contribution is -2.45. The first-order valence-electron chi connectivity index (χ1n) is 10.2. The maximum absolute atomic E-state index is 11.9. The van der Waals surface area contributed by atoms with E-state index in [2.05, 4.69) is 29.7 Å². The average molecular weight is 373 g/mol. The van der Waals surface area contributed by atoms with Crippen LogP contribution < -0.4 is 10.6 Å². The number of benzene rings is 1. The molecule has 6 nitrogen and oxygen atoms in total. The molecular formula is C21H32N4O2. The smallest absolute Gasteiger partial charge is 0.222 e. The number of rotatable bonds is 6. The van der Waals surface area contributed by atoms with Crippen molar-refractivity contribution in [1.82, 2.24) is 15.5 Å². The molecule has 2 aliphatic rings. The molecule has 0 radical (unpaired) electrons. The number of aliphatic hydroxyl groups is 1. The maximum atomic E-state index is 11.9. The van der Waals surface area contributed by atoms with Crippen LogP contribution in [0.5, 0.6) is 0 Å². The molecule has 3 N–H and O–H groups in total. The number of aliphatic hydroxyl groups excluding tert-OH is 1. The van der Waals surface area contributed by atoms with Crippen molar-refractivity contribution in [3.63, 3.8) is 0 Å². The molecule has 148 valence electrons. The van der Waals surface area contributed by atoms with Crippen molar-refractivity contribution in [3.05, 3.63) is 35.4 Å². The molecule has 1 saturated carbocycles. The van der Waals surface area contributed by atoms with Crippen LogP contribution in [0.1, 0.15) is 56.6 Å². The minimum absolute atomic E-state index is 0.150. The summed E-state index contributed by atoms with van der Waals surface area (Å²) in [7, 11) is 0. The van der Waals surface area contributed by atoms with Gasteiger partial charge < -0.3 is 20.6 Å². The third-order valence-corrected chi connectivity index (χ3v) is 5.44. The number of likely N-dealkylation sites (tertiary alicyclic amines) is 1. The third kappa shape index (κ3) is 5.70. The third-order valence-electron chi connectivity index (χ3n) is 5.44. The lowest BCUT2D eigenvalue weighted by molar-refractivity contribution is -0.128. The number of carbonyl (C=O) groups is 1. The number of hydrogen-bond donors (Lipinski definition) is 3. The van der Waals surface area contributed by atoms with E-state index in [0.717, 1.165) is 56.7 Å². The Morgan fingerprint density at radius 3 is 2.63 bits per heavy atom. The van der Waals surface area contributed by atoms with Gasteiger partial charge in [-0.25, -0.2) is 4.99 Å². The van der Waals surface area contributed by atoms with E-state index in [1.54, 1.807) is 0 Å². The first-order valence-corrected chi connectivity index (χ1v) is 10.2. The molecule has 1 saturated heterocycles. The van der Waals surface area contributed by atoms with Gasteiger partial charge in [0.05, 0.1) is 12.6 Å². The highest BCUT2D eigenvalue weighted by Crippen LogP contribution is 2.19. The first-order chi connectivity index (χ1) is 13.2. The van der Waals surface area contributed by atoms with Gasteiger partial charge in [0.15, 0.2) is 5.96 Å². The normalized spacial score (nSPS) is 23.6. The van der Waals surface area contributed by atoms with E-state index < -0.39 is 0 Å². The quantitative estimate of drug-likeness (QED) is 0.528. The van der Waals surface area contributed by atoms with Crippen LogP contribution in [0.3, 0.4) is 0 Å². The fourth-order valence-electron chi connectivity index (χ4n) is 3.84. The summed E-state index contributed by atoms with van der Waals surface area (Å²) < 4.78 is 0. The second kappa shape index (κ2) is 9.74. The Bertz CT molecular complexity index is 653. The topological polar surface area (TPSA) is 77.0 Å². The fraction of sp³-hybridized carbons (Fsp3) is 0.619. The van der Waals surface area contributed by atoms with Gasteiger partial charge in [-0.05, 0) is 50.2 Å². The predicted octanol–water partition coefficient (Wildman–Crippen LogP) is 2.17. The van der Waals surface area contributed by atoms with Gasteiger partial charge in [-0.2, -0.15) is 0 Å². The van der Waals surface area contributed by atoms with Gasteiger partial charge in [0.1, 0.15) is 0 Å². The number of hydrogen-bond acceptors (Lipinski definition) is 3. The number of guanidine groups is 1. The average Bonchev–Trinajstić information content (AvgIpc) is 3.07. The largest absolute Gasteiger partial charge is 0.393 e. The molecule has 0 bridgehead atoms. The van der Waals surface area contributed by atoms with Crippen LogP contribution in [0.15, 0.2) is 29.3 Å². The van der Waals surface area contributed by atoms with Crippen LogP contribution in [0, 0.1) is 0 Å². The molecule has 1 aromatic rings. The van der Waals surface area contributed by atoms with Crippen LogP contribution in [0.4, 0.5) is 0 Å². The SMILES string of the molecule is CCNC(=NCc1ccccc1CN1CCCC1=O)NC1CCC(O)CC1. The van der Waals surface area contributed by atoms with E-state index in [0.29, 0.717) is 25.6 Å². The Balaban J connectivity index is 1.64. The van der Waals surface area contributed by atoms with Crippen molar-refractivity contribution in [2.24, 2.45) is 4.99 Å². The molecule has 0 atom stereocenters. The number of nitrogens with one attached hydrogen (secondary N) is 2. The van der Waals surface area contributed by atoms with Gasteiger partial charge in [-0.1, -0.05) is 24.3 Å². The predicted molar refractivity (Wildman–Crippen MR) is 107 cm³/mol. The van der Waals surface area contributed by atoms with Crippen molar-refractivity contribution in [2.45, 2.75) is 70.7 Å². The summed E-state index contributed by atoms with van der Waals surface area (Å²) >= 11 is 0. The molecule has 1 heterocycles. The van der Waals surface area contributed by atoms with Gasteiger partial charge in [-0.15, -0.1) is 0 Å². The van der Waals surface area contributed by atoms with Crippen molar-refractivity contribution in [1.29, 1.82) is 0 Å². The van der Waals surface area contributed by atoms with E-state index in [-0.39, 0.29) is 12.0 Å². The van der Waals surface area contributed by atoms with E-state index >= 15 is 0 Å². The van der Waals surface area contributed by atoms with Crippen molar-refractivity contribution >= 4 is 11.9 Å². The molecule has 0 aromatic heterocycles. The Labute approximate surface area is 162 Å². The summed E-state index contributed by atoms with van der Waals surface area (Å²) in [6.45, 7) is 4.99. The summed E-state index contributed by atoms with van der Waals surface area (Å²) in [5, 5.41) is 16.5. The molecule has 1 aliphatic heterocycles. The second-order valence-electron chi connectivity index (χ2n) is 7.53. The summed E-state index contributed by atoms with van der Waals surface area (Å²) in [4.78, 5) is 18.7. The minimum atomic E-state index is -0.150. The van der Waals surface area contributed by atoms with Gasteiger partial charge in [-0.3, -0.25) is 4.79 Å². The maximum Gasteiger partial charge on any atom is 0.222 e. The lowest BCUT2D eigenvalue weighted by atomic mass is 9.93. The molecular weight excluding hydrogens is 340 g/mol. The van der Waals surface area contributed by atoms with E-state index in [1.807, 2.05) is 17.0 Å². The number of amides is 1. The molecule has 0 spiro atoms. The van der Waals surface area contributed by atoms with Gasteiger partial charge >= 0.3 is 0 Å². The Hall–Kier alpha value is -2.08. The molecule has 27 heavy (non-hydrogen) atoms. The zero-order valence-electron chi connectivity index (χ0n) is 16.3. The number of aliphatic imine (C=N–C) groups is 1. The molecule has 1 aromatic carbocycles. The lowest BCUT2D eigenvalue weighted by Gasteiger charge is -2.27. The van der Waals surface area contributed by atoms with Crippen LogP contribution in [-0.2, 0) is 17.9 Å². The van der Waals surface area contributed by atoms with Crippen LogP contribution in [-0.4, -0.2) is 47.1 Å². The summed E-state index contributed by atoms with van der Waals surface area (Å²) in [6.07, 6.45) is 5.13. The molecule has 1 amide bonds. The fourth-order valence-corrected chi connectivity index (χ4v) is 3.84. The molecule has 0 unspecified atom stereocenters. The monoisotopic (exact) mass is 372 g/mol. The van der Waals surface area contributed by atoms with E-state index in [9.17, 15) is 9.90 Å².